The van der Waals surface area contributed by atoms with Gasteiger partial charge in [-0.05, 0) is 19.3 Å². The van der Waals surface area contributed by atoms with Gasteiger partial charge in [0.05, 0.1) is 12.6 Å². The predicted molar refractivity (Wildman–Crippen MR) is 65.3 cm³/mol. The van der Waals surface area contributed by atoms with Crippen LogP contribution >= 0.6 is 0 Å². The average Bonchev–Trinajstić information content (AvgIpc) is 2.23. The van der Waals surface area contributed by atoms with E-state index in [1.165, 1.54) is 4.90 Å². The number of carbonyl (C=O) groups excluding carboxylic acids is 2. The van der Waals surface area contributed by atoms with Gasteiger partial charge in [-0.2, -0.15) is 0 Å². The summed E-state index contributed by atoms with van der Waals surface area (Å²) in [5.41, 5.74) is 5.05. The second kappa shape index (κ2) is 7.11. The third-order valence-corrected chi connectivity index (χ3v) is 2.59. The average molecular weight is 245 g/mol. The standard InChI is InChI=1S/C11H23N3O3/c1-7(2)5-9(13-11(12)17)10(16)14(4)8(3)6-15/h7-9,15H,5-6H2,1-4H3,(H3,12,13,17). The number of hydrogen-bond donors (Lipinski definition) is 3. The normalized spacial score (nSPS) is 14.2. The molecule has 0 aliphatic heterocycles. The number of nitrogens with two attached hydrogens (primary N) is 1. The summed E-state index contributed by atoms with van der Waals surface area (Å²) >= 11 is 0. The van der Waals surface area contributed by atoms with E-state index >= 15 is 0 Å². The van der Waals surface area contributed by atoms with Crippen molar-refractivity contribution in [3.05, 3.63) is 0 Å². The maximum absolute atomic E-state index is 12.1. The van der Waals surface area contributed by atoms with Crippen LogP contribution < -0.4 is 11.1 Å². The summed E-state index contributed by atoms with van der Waals surface area (Å²) in [5.74, 6) is 0.0210. The van der Waals surface area contributed by atoms with Crippen LogP contribution in [0.25, 0.3) is 0 Å². The van der Waals surface area contributed by atoms with Gasteiger partial charge in [0.15, 0.2) is 0 Å². The maximum atomic E-state index is 12.1. The molecule has 0 radical (unpaired) electrons. The minimum absolute atomic E-state index is 0.118. The molecule has 2 unspecified atom stereocenters. The molecule has 0 saturated carbocycles. The quantitative estimate of drug-likeness (QED) is 0.610. The Bertz CT molecular complexity index is 269. The lowest BCUT2D eigenvalue weighted by molar-refractivity contribution is -0.134. The molecule has 3 amide bonds. The van der Waals surface area contributed by atoms with Crippen LogP contribution in [0.1, 0.15) is 27.2 Å². The molecular formula is C11H23N3O3. The number of hydrogen-bond acceptors (Lipinski definition) is 3. The molecular weight excluding hydrogens is 222 g/mol. The molecule has 0 bridgehead atoms. The number of urea groups is 1. The van der Waals surface area contributed by atoms with E-state index in [1.807, 2.05) is 13.8 Å². The van der Waals surface area contributed by atoms with Crippen LogP contribution in [0.15, 0.2) is 0 Å². The van der Waals surface area contributed by atoms with Crippen LogP contribution in [-0.4, -0.2) is 47.7 Å². The number of likely N-dealkylation sites (N-methyl/N-ethyl adjacent to an activating group) is 1. The van der Waals surface area contributed by atoms with Gasteiger partial charge in [-0.25, -0.2) is 4.79 Å². The first kappa shape index (κ1) is 15.7. The number of aliphatic hydroxyl groups excluding tert-OH is 1. The Labute approximate surface area is 102 Å². The SMILES string of the molecule is CC(C)CC(NC(N)=O)C(=O)N(C)C(C)CO. The van der Waals surface area contributed by atoms with Crippen molar-refractivity contribution in [1.82, 2.24) is 10.2 Å². The van der Waals surface area contributed by atoms with Gasteiger partial charge in [0.25, 0.3) is 0 Å². The molecule has 0 fully saturated rings. The van der Waals surface area contributed by atoms with Crippen molar-refractivity contribution in [2.45, 2.75) is 39.3 Å². The maximum Gasteiger partial charge on any atom is 0.312 e. The van der Waals surface area contributed by atoms with Crippen LogP contribution in [0.5, 0.6) is 0 Å². The van der Waals surface area contributed by atoms with Gasteiger partial charge in [-0.1, -0.05) is 13.8 Å². The summed E-state index contributed by atoms with van der Waals surface area (Å²) in [6.07, 6.45) is 0.518. The second-order valence-electron chi connectivity index (χ2n) is 4.67. The van der Waals surface area contributed by atoms with Gasteiger partial charge < -0.3 is 21.1 Å². The fraction of sp³-hybridized carbons (Fsp3) is 0.818. The summed E-state index contributed by atoms with van der Waals surface area (Å²) in [5, 5.41) is 11.4. The Kier molecular flexibility index (Phi) is 6.57. The topological polar surface area (TPSA) is 95.7 Å². The molecule has 0 saturated heterocycles. The molecule has 6 heteroatoms. The van der Waals surface area contributed by atoms with E-state index < -0.39 is 12.1 Å². The largest absolute Gasteiger partial charge is 0.394 e. The van der Waals surface area contributed by atoms with E-state index in [2.05, 4.69) is 5.32 Å². The number of amides is 3. The van der Waals surface area contributed by atoms with Gasteiger partial charge in [-0.3, -0.25) is 4.79 Å². The van der Waals surface area contributed by atoms with Crippen LogP contribution in [-0.2, 0) is 4.79 Å². The Hall–Kier alpha value is -1.30. The third-order valence-electron chi connectivity index (χ3n) is 2.59. The molecule has 0 aromatic carbocycles. The van der Waals surface area contributed by atoms with E-state index in [4.69, 9.17) is 10.8 Å². The summed E-state index contributed by atoms with van der Waals surface area (Å²) in [6.45, 7) is 5.53. The van der Waals surface area contributed by atoms with Gasteiger partial charge in [0.1, 0.15) is 6.04 Å². The Morgan fingerprint density at radius 1 is 1.35 bits per heavy atom. The molecule has 6 nitrogen and oxygen atoms in total. The molecule has 17 heavy (non-hydrogen) atoms. The van der Waals surface area contributed by atoms with Crippen molar-refractivity contribution in [2.24, 2.45) is 11.7 Å². The van der Waals surface area contributed by atoms with Crippen molar-refractivity contribution in [3.8, 4) is 0 Å². The van der Waals surface area contributed by atoms with Crippen LogP contribution in [0.2, 0.25) is 0 Å². The Morgan fingerprint density at radius 3 is 2.24 bits per heavy atom. The van der Waals surface area contributed by atoms with E-state index in [-0.39, 0.29) is 24.5 Å². The van der Waals surface area contributed by atoms with Crippen molar-refractivity contribution >= 4 is 11.9 Å². The number of nitrogens with zero attached hydrogens (tertiary/aromatic N) is 1. The van der Waals surface area contributed by atoms with E-state index in [0.29, 0.717) is 6.42 Å². The van der Waals surface area contributed by atoms with Gasteiger partial charge in [0, 0.05) is 7.05 Å². The van der Waals surface area contributed by atoms with Crippen molar-refractivity contribution < 1.29 is 14.7 Å². The molecule has 0 aromatic rings. The molecule has 0 spiro atoms. The number of aliphatic hydroxyl groups is 1. The van der Waals surface area contributed by atoms with Gasteiger partial charge >= 0.3 is 6.03 Å². The first-order chi connectivity index (χ1) is 7.79. The van der Waals surface area contributed by atoms with E-state index in [1.54, 1.807) is 14.0 Å². The zero-order valence-electron chi connectivity index (χ0n) is 10.9. The minimum atomic E-state index is -0.714. The first-order valence-corrected chi connectivity index (χ1v) is 5.73. The smallest absolute Gasteiger partial charge is 0.312 e. The molecule has 0 aliphatic carbocycles. The molecule has 0 aromatic heterocycles. The van der Waals surface area contributed by atoms with Gasteiger partial charge in [-0.15, -0.1) is 0 Å². The number of primary amides is 1. The lowest BCUT2D eigenvalue weighted by Crippen LogP contribution is -2.52. The number of nitrogens with one attached hydrogen (secondary N) is 1. The van der Waals surface area contributed by atoms with Crippen molar-refractivity contribution in [1.29, 1.82) is 0 Å². The minimum Gasteiger partial charge on any atom is -0.394 e. The summed E-state index contributed by atoms with van der Waals surface area (Å²) in [7, 11) is 1.60. The highest BCUT2D eigenvalue weighted by Crippen LogP contribution is 2.09. The lowest BCUT2D eigenvalue weighted by Gasteiger charge is -2.28. The summed E-state index contributed by atoms with van der Waals surface area (Å²) in [4.78, 5) is 24.3. The van der Waals surface area contributed by atoms with Crippen molar-refractivity contribution in [3.63, 3.8) is 0 Å². The van der Waals surface area contributed by atoms with Crippen LogP contribution in [0.4, 0.5) is 4.79 Å². The molecule has 0 aliphatic rings. The Morgan fingerprint density at radius 2 is 1.88 bits per heavy atom. The number of rotatable bonds is 6. The summed E-state index contributed by atoms with van der Waals surface area (Å²) in [6, 6.07) is -1.63. The van der Waals surface area contributed by atoms with E-state index in [9.17, 15) is 9.59 Å². The highest BCUT2D eigenvalue weighted by atomic mass is 16.3. The van der Waals surface area contributed by atoms with Crippen LogP contribution in [0.3, 0.4) is 0 Å². The van der Waals surface area contributed by atoms with Crippen LogP contribution in [0, 0.1) is 5.92 Å². The molecule has 0 heterocycles. The predicted octanol–water partition coefficient (Wildman–Crippen LogP) is -0.0914. The van der Waals surface area contributed by atoms with Crippen molar-refractivity contribution in [2.75, 3.05) is 13.7 Å². The molecule has 2 atom stereocenters. The fourth-order valence-corrected chi connectivity index (χ4v) is 1.45. The zero-order chi connectivity index (χ0) is 13.6. The monoisotopic (exact) mass is 245 g/mol. The summed E-state index contributed by atoms with van der Waals surface area (Å²) < 4.78 is 0. The second-order valence-corrected chi connectivity index (χ2v) is 4.67. The highest BCUT2D eigenvalue weighted by molar-refractivity contribution is 5.86. The highest BCUT2D eigenvalue weighted by Gasteiger charge is 2.26. The third kappa shape index (κ3) is 5.53. The molecule has 0 rings (SSSR count). The Balaban J connectivity index is 4.66. The first-order valence-electron chi connectivity index (χ1n) is 5.73. The fourth-order valence-electron chi connectivity index (χ4n) is 1.45. The lowest BCUT2D eigenvalue weighted by atomic mass is 10.0. The molecule has 4 N–H and O–H groups in total. The molecule has 100 valence electrons. The zero-order valence-corrected chi connectivity index (χ0v) is 10.9. The number of carbonyl (C=O) groups is 2. The van der Waals surface area contributed by atoms with E-state index in [0.717, 1.165) is 0 Å². The van der Waals surface area contributed by atoms with Gasteiger partial charge in [0.2, 0.25) is 5.91 Å².